The SMILES string of the molecule is C[C@@H](Oc1ccccc1)C(=O)NCc1cccc(NC(=O)c2ccc(F)cc2)c1. The number of halogens is 1. The van der Waals surface area contributed by atoms with Gasteiger partial charge >= 0.3 is 0 Å². The lowest BCUT2D eigenvalue weighted by molar-refractivity contribution is -0.127. The van der Waals surface area contributed by atoms with E-state index in [1.165, 1.54) is 24.3 Å². The van der Waals surface area contributed by atoms with Crippen LogP contribution in [0.1, 0.15) is 22.8 Å². The number of hydrogen-bond donors (Lipinski definition) is 2. The van der Waals surface area contributed by atoms with Crippen LogP contribution in [-0.2, 0) is 11.3 Å². The number of hydrogen-bond acceptors (Lipinski definition) is 3. The van der Waals surface area contributed by atoms with Crippen LogP contribution in [-0.4, -0.2) is 17.9 Å². The van der Waals surface area contributed by atoms with Crippen LogP contribution in [0, 0.1) is 5.82 Å². The average Bonchev–Trinajstić information content (AvgIpc) is 2.73. The van der Waals surface area contributed by atoms with E-state index in [9.17, 15) is 14.0 Å². The predicted molar refractivity (Wildman–Crippen MR) is 109 cm³/mol. The quantitative estimate of drug-likeness (QED) is 0.634. The lowest BCUT2D eigenvalue weighted by Crippen LogP contribution is -2.35. The molecule has 2 amide bonds. The first kappa shape index (κ1) is 20.1. The molecule has 148 valence electrons. The Hall–Kier alpha value is -3.67. The Kier molecular flexibility index (Phi) is 6.58. The third kappa shape index (κ3) is 5.90. The summed E-state index contributed by atoms with van der Waals surface area (Å²) in [6.07, 6.45) is -0.640. The minimum Gasteiger partial charge on any atom is -0.481 e. The summed E-state index contributed by atoms with van der Waals surface area (Å²) in [4.78, 5) is 24.5. The van der Waals surface area contributed by atoms with Crippen molar-refractivity contribution in [3.05, 3.63) is 95.8 Å². The number of nitrogens with one attached hydrogen (secondary N) is 2. The minimum absolute atomic E-state index is 0.241. The van der Waals surface area contributed by atoms with Crippen molar-refractivity contribution in [3.8, 4) is 5.75 Å². The molecule has 0 aliphatic heterocycles. The van der Waals surface area contributed by atoms with E-state index in [1.54, 1.807) is 37.3 Å². The van der Waals surface area contributed by atoms with E-state index in [1.807, 2.05) is 24.3 Å². The van der Waals surface area contributed by atoms with Crippen molar-refractivity contribution in [2.24, 2.45) is 0 Å². The number of carbonyl (C=O) groups excluding carboxylic acids is 2. The smallest absolute Gasteiger partial charge is 0.261 e. The first-order valence-corrected chi connectivity index (χ1v) is 9.16. The lowest BCUT2D eigenvalue weighted by atomic mass is 10.1. The Morgan fingerprint density at radius 3 is 2.41 bits per heavy atom. The summed E-state index contributed by atoms with van der Waals surface area (Å²) in [6.45, 7) is 1.98. The fraction of sp³-hybridized carbons (Fsp3) is 0.130. The molecular formula is C23H21FN2O3. The number of rotatable bonds is 7. The van der Waals surface area contributed by atoms with Crippen molar-refractivity contribution in [1.29, 1.82) is 0 Å². The Morgan fingerprint density at radius 2 is 1.69 bits per heavy atom. The standard InChI is InChI=1S/C23H21FN2O3/c1-16(29-21-8-3-2-4-9-21)22(27)25-15-17-6-5-7-20(14-17)26-23(28)18-10-12-19(24)13-11-18/h2-14,16H,15H2,1H3,(H,25,27)(H,26,28)/t16-/m1/s1. The number of ether oxygens (including phenoxy) is 1. The van der Waals surface area contributed by atoms with Gasteiger partial charge in [-0.05, 0) is 61.0 Å². The molecular weight excluding hydrogens is 371 g/mol. The number of anilines is 1. The largest absolute Gasteiger partial charge is 0.481 e. The second-order valence-electron chi connectivity index (χ2n) is 6.45. The zero-order valence-corrected chi connectivity index (χ0v) is 15.9. The molecule has 0 bridgehead atoms. The van der Waals surface area contributed by atoms with E-state index in [4.69, 9.17) is 4.74 Å². The number of benzene rings is 3. The molecule has 6 heteroatoms. The van der Waals surface area contributed by atoms with Crippen molar-refractivity contribution in [2.75, 3.05) is 5.32 Å². The lowest BCUT2D eigenvalue weighted by Gasteiger charge is -2.15. The highest BCUT2D eigenvalue weighted by atomic mass is 19.1. The van der Waals surface area contributed by atoms with Crippen LogP contribution in [0.2, 0.25) is 0 Å². The molecule has 0 heterocycles. The molecule has 0 unspecified atom stereocenters. The Labute approximate surface area is 168 Å². The molecule has 2 N–H and O–H groups in total. The molecule has 0 saturated carbocycles. The topological polar surface area (TPSA) is 67.4 Å². The molecule has 0 aromatic heterocycles. The van der Waals surface area contributed by atoms with Crippen LogP contribution in [0.25, 0.3) is 0 Å². The molecule has 5 nitrogen and oxygen atoms in total. The second-order valence-corrected chi connectivity index (χ2v) is 6.45. The van der Waals surface area contributed by atoms with Gasteiger partial charge < -0.3 is 15.4 Å². The fourth-order valence-corrected chi connectivity index (χ4v) is 2.65. The highest BCUT2D eigenvalue weighted by molar-refractivity contribution is 6.04. The van der Waals surface area contributed by atoms with E-state index >= 15 is 0 Å². The van der Waals surface area contributed by atoms with Gasteiger partial charge in [0.2, 0.25) is 0 Å². The van der Waals surface area contributed by atoms with Gasteiger partial charge in [0.15, 0.2) is 6.10 Å². The van der Waals surface area contributed by atoms with Crippen LogP contribution in [0.4, 0.5) is 10.1 Å². The molecule has 0 aliphatic rings. The Bertz CT molecular complexity index is 975. The van der Waals surface area contributed by atoms with Gasteiger partial charge in [-0.15, -0.1) is 0 Å². The molecule has 29 heavy (non-hydrogen) atoms. The predicted octanol–water partition coefficient (Wildman–Crippen LogP) is 4.16. The maximum absolute atomic E-state index is 13.0. The first-order valence-electron chi connectivity index (χ1n) is 9.16. The molecule has 0 saturated heterocycles. The third-order valence-corrected chi connectivity index (χ3v) is 4.18. The summed E-state index contributed by atoms with van der Waals surface area (Å²) in [5, 5.41) is 5.58. The monoisotopic (exact) mass is 392 g/mol. The summed E-state index contributed by atoms with van der Waals surface area (Å²) in [5.41, 5.74) is 1.76. The first-order chi connectivity index (χ1) is 14.0. The zero-order chi connectivity index (χ0) is 20.6. The molecule has 3 aromatic carbocycles. The molecule has 3 rings (SSSR count). The molecule has 0 radical (unpaired) electrons. The van der Waals surface area contributed by atoms with Gasteiger partial charge in [0.25, 0.3) is 11.8 Å². The van der Waals surface area contributed by atoms with Crippen LogP contribution in [0.3, 0.4) is 0 Å². The van der Waals surface area contributed by atoms with Crippen molar-refractivity contribution in [1.82, 2.24) is 5.32 Å². The minimum atomic E-state index is -0.640. The number of para-hydroxylation sites is 1. The molecule has 0 fully saturated rings. The molecule has 1 atom stereocenters. The number of amides is 2. The van der Waals surface area contributed by atoms with Crippen molar-refractivity contribution < 1.29 is 18.7 Å². The maximum atomic E-state index is 13.0. The van der Waals surface area contributed by atoms with Gasteiger partial charge in [-0.2, -0.15) is 0 Å². The van der Waals surface area contributed by atoms with Gasteiger partial charge in [0, 0.05) is 17.8 Å². The van der Waals surface area contributed by atoms with E-state index < -0.39 is 11.9 Å². The summed E-state index contributed by atoms with van der Waals surface area (Å²) in [5.74, 6) is -0.351. The molecule has 3 aromatic rings. The number of carbonyl (C=O) groups is 2. The van der Waals surface area contributed by atoms with Crippen LogP contribution in [0.15, 0.2) is 78.9 Å². The molecule has 0 spiro atoms. The van der Waals surface area contributed by atoms with Gasteiger partial charge in [-0.25, -0.2) is 4.39 Å². The summed E-state index contributed by atoms with van der Waals surface area (Å²) < 4.78 is 18.6. The van der Waals surface area contributed by atoms with Gasteiger partial charge in [-0.1, -0.05) is 30.3 Å². The van der Waals surface area contributed by atoms with E-state index in [2.05, 4.69) is 10.6 Å². The summed E-state index contributed by atoms with van der Waals surface area (Å²) in [7, 11) is 0. The Morgan fingerprint density at radius 1 is 0.966 bits per heavy atom. The summed E-state index contributed by atoms with van der Waals surface area (Å²) in [6, 6.07) is 21.6. The second kappa shape index (κ2) is 9.50. The fourth-order valence-electron chi connectivity index (χ4n) is 2.65. The van der Waals surface area contributed by atoms with E-state index in [0.717, 1.165) is 5.56 Å². The maximum Gasteiger partial charge on any atom is 0.261 e. The highest BCUT2D eigenvalue weighted by Crippen LogP contribution is 2.14. The van der Waals surface area contributed by atoms with E-state index in [-0.39, 0.29) is 11.8 Å². The third-order valence-electron chi connectivity index (χ3n) is 4.18. The van der Waals surface area contributed by atoms with Gasteiger partial charge in [-0.3, -0.25) is 9.59 Å². The molecule has 0 aliphatic carbocycles. The van der Waals surface area contributed by atoms with Crippen LogP contribution in [0.5, 0.6) is 5.75 Å². The average molecular weight is 392 g/mol. The van der Waals surface area contributed by atoms with Gasteiger partial charge in [0.1, 0.15) is 11.6 Å². The van der Waals surface area contributed by atoms with Crippen molar-refractivity contribution in [3.63, 3.8) is 0 Å². The van der Waals surface area contributed by atoms with Crippen LogP contribution < -0.4 is 15.4 Å². The van der Waals surface area contributed by atoms with Crippen LogP contribution >= 0.6 is 0 Å². The van der Waals surface area contributed by atoms with Crippen molar-refractivity contribution in [2.45, 2.75) is 19.6 Å². The highest BCUT2D eigenvalue weighted by Gasteiger charge is 2.14. The summed E-state index contributed by atoms with van der Waals surface area (Å²) >= 11 is 0. The zero-order valence-electron chi connectivity index (χ0n) is 15.9. The van der Waals surface area contributed by atoms with E-state index in [0.29, 0.717) is 23.5 Å². The van der Waals surface area contributed by atoms with Gasteiger partial charge in [0.05, 0.1) is 0 Å². The van der Waals surface area contributed by atoms with Crippen molar-refractivity contribution >= 4 is 17.5 Å². The Balaban J connectivity index is 1.54. The normalized spacial score (nSPS) is 11.4.